The molecule has 1 aliphatic rings. The first kappa shape index (κ1) is 18.3. The van der Waals surface area contributed by atoms with E-state index in [1.165, 1.54) is 0 Å². The fourth-order valence-corrected chi connectivity index (χ4v) is 3.49. The Morgan fingerprint density at radius 3 is 2.79 bits per heavy atom. The molecule has 0 spiro atoms. The average molecular weight is 377 g/mol. The molecule has 0 saturated carbocycles. The zero-order chi connectivity index (χ0) is 19.5. The number of hydrogen-bond acceptors (Lipinski definition) is 4. The lowest BCUT2D eigenvalue weighted by molar-refractivity contribution is -0.138. The Morgan fingerprint density at radius 1 is 1.14 bits per heavy atom. The maximum Gasteiger partial charge on any atom is 0.263 e. The van der Waals surface area contributed by atoms with Crippen molar-refractivity contribution in [3.63, 3.8) is 0 Å². The van der Waals surface area contributed by atoms with Gasteiger partial charge in [0, 0.05) is 12.1 Å². The maximum absolute atomic E-state index is 13.0. The molecule has 1 heterocycles. The Morgan fingerprint density at radius 2 is 1.96 bits per heavy atom. The van der Waals surface area contributed by atoms with E-state index >= 15 is 0 Å². The molecule has 0 radical (unpaired) electrons. The van der Waals surface area contributed by atoms with Crippen LogP contribution in [0, 0.1) is 0 Å². The summed E-state index contributed by atoms with van der Waals surface area (Å²) in [6.45, 7) is 3.09. The molecule has 0 aliphatic carbocycles. The predicted octanol–water partition coefficient (Wildman–Crippen LogP) is 3.52. The molecule has 1 amide bonds. The van der Waals surface area contributed by atoms with Gasteiger partial charge in [0.05, 0.1) is 13.2 Å². The molecule has 5 nitrogen and oxygen atoms in total. The number of carbonyl (C=O) groups is 1. The van der Waals surface area contributed by atoms with Crippen molar-refractivity contribution in [2.24, 2.45) is 0 Å². The fourth-order valence-electron chi connectivity index (χ4n) is 3.49. The lowest BCUT2D eigenvalue weighted by atomic mass is 10.1. The second-order valence-electron chi connectivity index (χ2n) is 6.98. The molecule has 3 aromatic carbocycles. The minimum absolute atomic E-state index is 0.0390. The summed E-state index contributed by atoms with van der Waals surface area (Å²) >= 11 is 0. The second-order valence-corrected chi connectivity index (χ2v) is 6.98. The van der Waals surface area contributed by atoms with E-state index < -0.39 is 6.10 Å². The third-order valence-electron chi connectivity index (χ3n) is 4.98. The normalized spacial score (nSPS) is 14.7. The summed E-state index contributed by atoms with van der Waals surface area (Å²) in [6, 6.07) is 19.5. The molecule has 0 aromatic heterocycles. The third kappa shape index (κ3) is 3.80. The van der Waals surface area contributed by atoms with Crippen molar-refractivity contribution in [3.8, 4) is 11.5 Å². The van der Waals surface area contributed by atoms with E-state index in [9.17, 15) is 9.90 Å². The molecule has 0 fully saturated rings. The topological polar surface area (TPSA) is 59.0 Å². The van der Waals surface area contributed by atoms with Crippen LogP contribution in [-0.4, -0.2) is 35.2 Å². The van der Waals surface area contributed by atoms with Crippen molar-refractivity contribution in [3.05, 3.63) is 71.8 Å². The van der Waals surface area contributed by atoms with Crippen LogP contribution < -0.4 is 9.47 Å². The maximum atomic E-state index is 13.0. The molecule has 1 N–H and O–H groups in total. The fraction of sp³-hybridized carbons (Fsp3) is 0.261. The van der Waals surface area contributed by atoms with Crippen LogP contribution in [0.15, 0.2) is 60.7 Å². The number of hydrogen-bond donors (Lipinski definition) is 1. The first-order valence-electron chi connectivity index (χ1n) is 9.44. The summed E-state index contributed by atoms with van der Waals surface area (Å²) in [5.41, 5.74) is 1.70. The van der Waals surface area contributed by atoms with Crippen LogP contribution in [0.2, 0.25) is 0 Å². The van der Waals surface area contributed by atoms with Gasteiger partial charge in [-0.3, -0.25) is 4.79 Å². The van der Waals surface area contributed by atoms with Gasteiger partial charge in [0.25, 0.3) is 5.91 Å². The van der Waals surface area contributed by atoms with E-state index in [0.717, 1.165) is 27.6 Å². The quantitative estimate of drug-likeness (QED) is 0.756. The van der Waals surface area contributed by atoms with Crippen LogP contribution in [0.3, 0.4) is 0 Å². The molecular weight excluding hydrogens is 354 g/mol. The van der Waals surface area contributed by atoms with Crippen molar-refractivity contribution in [1.29, 1.82) is 0 Å². The Labute approximate surface area is 164 Å². The number of carbonyl (C=O) groups excluding carboxylic acids is 1. The lowest BCUT2D eigenvalue weighted by Gasteiger charge is -2.24. The van der Waals surface area contributed by atoms with E-state index in [1.54, 1.807) is 11.8 Å². The van der Waals surface area contributed by atoms with Crippen molar-refractivity contribution < 1.29 is 19.4 Å². The standard InChI is InChI=1S/C23H23NO4/c1-16(28-21-8-7-18-4-2-3-5-19(18)13-21)23(26)24-10-11-27-22-9-6-17(15-25)12-20(22)14-24/h2-9,12-13,16,25H,10-11,14-15H2,1H3/t16-/m0/s1. The molecule has 144 valence electrons. The zero-order valence-electron chi connectivity index (χ0n) is 15.8. The molecule has 28 heavy (non-hydrogen) atoms. The molecule has 3 aromatic rings. The minimum atomic E-state index is -0.608. The highest BCUT2D eigenvalue weighted by molar-refractivity contribution is 5.84. The lowest BCUT2D eigenvalue weighted by Crippen LogP contribution is -2.41. The molecule has 0 unspecified atom stereocenters. The summed E-state index contributed by atoms with van der Waals surface area (Å²) in [4.78, 5) is 14.7. The van der Waals surface area contributed by atoms with Crippen LogP contribution in [0.4, 0.5) is 0 Å². The zero-order valence-corrected chi connectivity index (χ0v) is 15.8. The molecule has 4 rings (SSSR count). The van der Waals surface area contributed by atoms with Crippen LogP contribution in [0.1, 0.15) is 18.1 Å². The first-order valence-corrected chi connectivity index (χ1v) is 9.44. The minimum Gasteiger partial charge on any atom is -0.491 e. The van der Waals surface area contributed by atoms with E-state index in [4.69, 9.17) is 9.47 Å². The van der Waals surface area contributed by atoms with Crippen molar-refractivity contribution in [2.75, 3.05) is 13.2 Å². The van der Waals surface area contributed by atoms with E-state index in [0.29, 0.717) is 25.4 Å². The number of fused-ring (bicyclic) bond motifs is 2. The number of amides is 1. The van der Waals surface area contributed by atoms with Crippen LogP contribution in [-0.2, 0) is 17.9 Å². The number of benzene rings is 3. The highest BCUT2D eigenvalue weighted by atomic mass is 16.5. The van der Waals surface area contributed by atoms with E-state index in [1.807, 2.05) is 60.7 Å². The Balaban J connectivity index is 1.49. The van der Waals surface area contributed by atoms with Crippen molar-refractivity contribution in [1.82, 2.24) is 4.90 Å². The smallest absolute Gasteiger partial charge is 0.263 e. The highest BCUT2D eigenvalue weighted by Gasteiger charge is 2.25. The van der Waals surface area contributed by atoms with Gasteiger partial charge in [0.15, 0.2) is 6.10 Å². The van der Waals surface area contributed by atoms with Crippen LogP contribution in [0.25, 0.3) is 10.8 Å². The Kier molecular flexibility index (Phi) is 5.17. The van der Waals surface area contributed by atoms with Gasteiger partial charge in [0.2, 0.25) is 0 Å². The van der Waals surface area contributed by atoms with Gasteiger partial charge in [-0.05, 0) is 47.5 Å². The van der Waals surface area contributed by atoms with Gasteiger partial charge in [-0.2, -0.15) is 0 Å². The highest BCUT2D eigenvalue weighted by Crippen LogP contribution is 2.26. The summed E-state index contributed by atoms with van der Waals surface area (Å²) < 4.78 is 11.7. The van der Waals surface area contributed by atoms with Gasteiger partial charge in [0.1, 0.15) is 18.1 Å². The molecule has 1 aliphatic heterocycles. The van der Waals surface area contributed by atoms with Gasteiger partial charge < -0.3 is 19.5 Å². The largest absolute Gasteiger partial charge is 0.491 e. The van der Waals surface area contributed by atoms with E-state index in [2.05, 4.69) is 0 Å². The number of ether oxygens (including phenoxy) is 2. The molecular formula is C23H23NO4. The number of rotatable bonds is 4. The molecule has 0 saturated heterocycles. The third-order valence-corrected chi connectivity index (χ3v) is 4.98. The van der Waals surface area contributed by atoms with Gasteiger partial charge in [-0.1, -0.05) is 36.4 Å². The summed E-state index contributed by atoms with van der Waals surface area (Å²) in [5, 5.41) is 11.6. The number of aliphatic hydroxyl groups is 1. The molecule has 0 bridgehead atoms. The SMILES string of the molecule is C[C@H](Oc1ccc2ccccc2c1)C(=O)N1CCOc2ccc(CO)cc2C1. The second kappa shape index (κ2) is 7.90. The number of aliphatic hydroxyl groups excluding tert-OH is 1. The molecule has 1 atom stereocenters. The first-order chi connectivity index (χ1) is 13.6. The van der Waals surface area contributed by atoms with Gasteiger partial charge >= 0.3 is 0 Å². The summed E-state index contributed by atoms with van der Waals surface area (Å²) in [6.07, 6.45) is -0.608. The van der Waals surface area contributed by atoms with Crippen molar-refractivity contribution in [2.45, 2.75) is 26.2 Å². The summed E-state index contributed by atoms with van der Waals surface area (Å²) in [5.74, 6) is 1.35. The average Bonchev–Trinajstić information content (AvgIpc) is 2.94. The monoisotopic (exact) mass is 377 g/mol. The predicted molar refractivity (Wildman–Crippen MR) is 107 cm³/mol. The summed E-state index contributed by atoms with van der Waals surface area (Å²) in [7, 11) is 0. The van der Waals surface area contributed by atoms with Gasteiger partial charge in [-0.15, -0.1) is 0 Å². The van der Waals surface area contributed by atoms with Crippen LogP contribution >= 0.6 is 0 Å². The Bertz CT molecular complexity index is 1000. The van der Waals surface area contributed by atoms with Crippen molar-refractivity contribution >= 4 is 16.7 Å². The number of nitrogens with zero attached hydrogens (tertiary/aromatic N) is 1. The Hall–Kier alpha value is -3.05. The van der Waals surface area contributed by atoms with Gasteiger partial charge in [-0.25, -0.2) is 0 Å². The van der Waals surface area contributed by atoms with E-state index in [-0.39, 0.29) is 12.5 Å². The molecule has 5 heteroatoms. The van der Waals surface area contributed by atoms with Crippen LogP contribution in [0.5, 0.6) is 11.5 Å².